The number of rotatable bonds is 8. The lowest BCUT2D eigenvalue weighted by Gasteiger charge is -2.35. The van der Waals surface area contributed by atoms with Crippen LogP contribution < -0.4 is 5.32 Å². The van der Waals surface area contributed by atoms with Crippen molar-refractivity contribution in [1.82, 2.24) is 25.2 Å². The molecule has 1 aromatic carbocycles. The van der Waals surface area contributed by atoms with Crippen molar-refractivity contribution in [3.8, 4) is 0 Å². The Kier molecular flexibility index (Phi) is 7.32. The molecule has 11 nitrogen and oxygen atoms in total. The second-order valence-electron chi connectivity index (χ2n) is 8.66. The molecule has 0 radical (unpaired) electrons. The molecule has 0 aliphatic carbocycles. The molecule has 2 N–H and O–H groups in total. The number of hydrogen-bond acceptors (Lipinski definition) is 9. The second kappa shape index (κ2) is 10.3. The Morgan fingerprint density at radius 2 is 1.89 bits per heavy atom. The number of halogens is 3. The maximum absolute atomic E-state index is 14.6. The third-order valence-corrected chi connectivity index (χ3v) is 5.99. The number of esters is 1. The van der Waals surface area contributed by atoms with Crippen molar-refractivity contribution < 1.29 is 37.3 Å². The number of ether oxygens (including phenoxy) is 2. The van der Waals surface area contributed by atoms with E-state index in [4.69, 9.17) is 14.6 Å². The summed E-state index contributed by atoms with van der Waals surface area (Å²) in [5.41, 5.74) is -0.752. The monoisotopic (exact) mass is 522 g/mol. The first-order valence-corrected chi connectivity index (χ1v) is 11.4. The van der Waals surface area contributed by atoms with Crippen molar-refractivity contribution in [2.45, 2.75) is 31.4 Å². The molecule has 0 bridgehead atoms. The Labute approximate surface area is 209 Å². The molecule has 4 rings (SSSR count). The number of hydrogen-bond donors (Lipinski definition) is 2. The highest BCUT2D eigenvalue weighted by Gasteiger charge is 2.50. The summed E-state index contributed by atoms with van der Waals surface area (Å²) < 4.78 is 53.2. The van der Waals surface area contributed by atoms with Crippen molar-refractivity contribution in [3.63, 3.8) is 0 Å². The predicted octanol–water partition coefficient (Wildman–Crippen LogP) is 1.38. The van der Waals surface area contributed by atoms with E-state index in [2.05, 4.69) is 20.5 Å². The highest BCUT2D eigenvalue weighted by atomic mass is 19.3. The molecule has 14 heteroatoms. The van der Waals surface area contributed by atoms with Gasteiger partial charge in [0, 0.05) is 18.8 Å². The van der Waals surface area contributed by atoms with Crippen LogP contribution >= 0.6 is 0 Å². The lowest BCUT2D eigenvalue weighted by Crippen LogP contribution is -2.47. The second-order valence-corrected chi connectivity index (χ2v) is 8.66. The van der Waals surface area contributed by atoms with Crippen LogP contribution in [-0.2, 0) is 24.6 Å². The Morgan fingerprint density at radius 1 is 1.22 bits per heavy atom. The van der Waals surface area contributed by atoms with E-state index < -0.39 is 48.5 Å². The van der Waals surface area contributed by atoms with Crippen LogP contribution in [0.25, 0.3) is 0 Å². The minimum absolute atomic E-state index is 0.0371. The van der Waals surface area contributed by atoms with Gasteiger partial charge < -0.3 is 19.9 Å². The van der Waals surface area contributed by atoms with E-state index in [9.17, 15) is 22.8 Å². The van der Waals surface area contributed by atoms with Crippen molar-refractivity contribution >= 4 is 17.9 Å². The van der Waals surface area contributed by atoms with Gasteiger partial charge in [-0.1, -0.05) is 12.1 Å². The van der Waals surface area contributed by atoms with E-state index in [1.807, 2.05) is 0 Å². The lowest BCUT2D eigenvalue weighted by molar-refractivity contribution is -0.152. The molecule has 198 valence electrons. The van der Waals surface area contributed by atoms with Crippen LogP contribution in [0.4, 0.5) is 13.2 Å². The Hall–Kier alpha value is -3.78. The van der Waals surface area contributed by atoms with Gasteiger partial charge in [-0.05, 0) is 31.5 Å². The summed E-state index contributed by atoms with van der Waals surface area (Å²) in [6.07, 6.45) is 1.17. The van der Waals surface area contributed by atoms with Gasteiger partial charge in [-0.25, -0.2) is 27.8 Å². The summed E-state index contributed by atoms with van der Waals surface area (Å²) in [4.78, 5) is 31.2. The van der Waals surface area contributed by atoms with Crippen LogP contribution in [0, 0.1) is 5.82 Å². The highest BCUT2D eigenvalue weighted by Crippen LogP contribution is 2.39. The smallest absolute Gasteiger partial charge is 0.338 e. The summed E-state index contributed by atoms with van der Waals surface area (Å²) in [6, 6.07) is 5.37. The topological polar surface area (TPSA) is 131 Å². The zero-order chi connectivity index (χ0) is 26.8. The quantitative estimate of drug-likeness (QED) is 0.494. The fourth-order valence-corrected chi connectivity index (χ4v) is 4.36. The number of carbonyl (C=O) groups excluding carboxylic acids is 1. The van der Waals surface area contributed by atoms with Gasteiger partial charge in [0.1, 0.15) is 24.1 Å². The standard InChI is InChI=1S/C23H25F3N6O5/c1-3-36-20(35)19-16(10-31-11-17(23(25,26)13-31)37-12-18(33)34)29-21(32-27-8-9-28-32)30-22(19,2)14-4-6-15(24)7-5-14/h4-9,17H,3,10-13H2,1-2H3,(H,29,30)(H,33,34)/t17?,22-/m0/s1. The molecule has 2 aliphatic rings. The molecule has 2 aliphatic heterocycles. The molecule has 2 atom stereocenters. The number of nitrogens with one attached hydrogen (secondary N) is 1. The normalized spacial score (nSPS) is 23.5. The van der Waals surface area contributed by atoms with Gasteiger partial charge in [0.2, 0.25) is 5.96 Å². The Balaban J connectivity index is 1.76. The molecule has 37 heavy (non-hydrogen) atoms. The van der Waals surface area contributed by atoms with E-state index >= 15 is 0 Å². The zero-order valence-corrected chi connectivity index (χ0v) is 20.0. The number of alkyl halides is 2. The first-order chi connectivity index (χ1) is 17.5. The van der Waals surface area contributed by atoms with Crippen molar-refractivity contribution in [2.24, 2.45) is 4.99 Å². The summed E-state index contributed by atoms with van der Waals surface area (Å²) in [5.74, 6) is -5.82. The van der Waals surface area contributed by atoms with Gasteiger partial charge in [0.15, 0.2) is 0 Å². The molecule has 0 spiro atoms. The van der Waals surface area contributed by atoms with E-state index in [1.54, 1.807) is 13.8 Å². The number of aliphatic carboxylic acids is 1. The SMILES string of the molecule is CCOC(=O)C1=C(CN2CC(OCC(=O)O)C(F)(F)C2)NC(n2nccn2)=N[C@@]1(C)c1ccc(F)cc1. The average Bonchev–Trinajstić information content (AvgIpc) is 3.45. The van der Waals surface area contributed by atoms with Gasteiger partial charge >= 0.3 is 11.9 Å². The van der Waals surface area contributed by atoms with E-state index in [0.29, 0.717) is 5.56 Å². The summed E-state index contributed by atoms with van der Waals surface area (Å²) in [5, 5.41) is 19.9. The van der Waals surface area contributed by atoms with Crippen LogP contribution in [-0.4, -0.2) is 87.8 Å². The molecule has 0 amide bonds. The fraction of sp³-hybridized carbons (Fsp3) is 0.435. The largest absolute Gasteiger partial charge is 0.480 e. The number of carboxylic acid groups (broad SMARTS) is 1. The Morgan fingerprint density at radius 3 is 2.51 bits per heavy atom. The van der Waals surface area contributed by atoms with Crippen molar-refractivity contribution in [3.05, 3.63) is 59.3 Å². The van der Waals surface area contributed by atoms with Gasteiger partial charge in [-0.3, -0.25) is 4.90 Å². The average molecular weight is 522 g/mol. The minimum Gasteiger partial charge on any atom is -0.480 e. The van der Waals surface area contributed by atoms with Crippen LogP contribution in [0.15, 0.2) is 52.9 Å². The number of aromatic nitrogens is 3. The minimum atomic E-state index is -3.32. The molecule has 1 fully saturated rings. The first kappa shape index (κ1) is 26.3. The maximum atomic E-state index is 14.6. The fourth-order valence-electron chi connectivity index (χ4n) is 4.36. The van der Waals surface area contributed by atoms with Gasteiger partial charge in [0.25, 0.3) is 5.92 Å². The molecular formula is C23H25F3N6O5. The molecule has 3 heterocycles. The predicted molar refractivity (Wildman–Crippen MR) is 122 cm³/mol. The molecule has 1 aromatic heterocycles. The molecule has 2 aromatic rings. The summed E-state index contributed by atoms with van der Waals surface area (Å²) >= 11 is 0. The van der Waals surface area contributed by atoms with Crippen LogP contribution in [0.5, 0.6) is 0 Å². The zero-order valence-electron chi connectivity index (χ0n) is 20.0. The van der Waals surface area contributed by atoms with E-state index in [-0.39, 0.29) is 36.9 Å². The lowest BCUT2D eigenvalue weighted by atomic mass is 9.82. The number of aliphatic imine (C=N–C) groups is 1. The summed E-state index contributed by atoms with van der Waals surface area (Å²) in [6.45, 7) is 1.20. The van der Waals surface area contributed by atoms with E-state index in [0.717, 1.165) is 0 Å². The maximum Gasteiger partial charge on any atom is 0.338 e. The number of benzene rings is 1. The van der Waals surface area contributed by atoms with Gasteiger partial charge in [-0.2, -0.15) is 10.2 Å². The summed E-state index contributed by atoms with van der Waals surface area (Å²) in [7, 11) is 0. The molecular weight excluding hydrogens is 497 g/mol. The number of carbonyl (C=O) groups is 2. The number of carboxylic acids is 1. The van der Waals surface area contributed by atoms with Gasteiger partial charge in [0.05, 0.1) is 31.1 Å². The van der Waals surface area contributed by atoms with Crippen molar-refractivity contribution in [2.75, 3.05) is 32.8 Å². The van der Waals surface area contributed by atoms with Crippen LogP contribution in [0.1, 0.15) is 19.4 Å². The molecule has 0 saturated carbocycles. The van der Waals surface area contributed by atoms with Crippen molar-refractivity contribution in [1.29, 1.82) is 0 Å². The third-order valence-electron chi connectivity index (χ3n) is 5.99. The highest BCUT2D eigenvalue weighted by molar-refractivity contribution is 5.97. The number of likely N-dealkylation sites (tertiary alicyclic amines) is 1. The Bertz CT molecular complexity index is 1220. The first-order valence-electron chi connectivity index (χ1n) is 11.4. The molecule has 1 unspecified atom stereocenters. The van der Waals surface area contributed by atoms with E-state index in [1.165, 1.54) is 46.4 Å². The molecule has 1 saturated heterocycles. The number of nitrogens with zero attached hydrogens (tertiary/aromatic N) is 5. The third kappa shape index (κ3) is 5.49. The van der Waals surface area contributed by atoms with Crippen LogP contribution in [0.3, 0.4) is 0 Å². The van der Waals surface area contributed by atoms with Crippen LogP contribution in [0.2, 0.25) is 0 Å². The van der Waals surface area contributed by atoms with Gasteiger partial charge in [-0.15, -0.1) is 4.80 Å².